The molecule has 1 atom stereocenters. The van der Waals surface area contributed by atoms with Crippen LogP contribution in [0.3, 0.4) is 0 Å². The lowest BCUT2D eigenvalue weighted by molar-refractivity contribution is 0.122. The van der Waals surface area contributed by atoms with Crippen LogP contribution in [0.25, 0.3) is 0 Å². The summed E-state index contributed by atoms with van der Waals surface area (Å²) in [6.45, 7) is 7.95. The van der Waals surface area contributed by atoms with Crippen LogP contribution in [-0.4, -0.2) is 42.8 Å². The van der Waals surface area contributed by atoms with Gasteiger partial charge in [-0.2, -0.15) is 0 Å². The van der Waals surface area contributed by atoms with E-state index in [0.29, 0.717) is 6.54 Å². The molecule has 1 unspecified atom stereocenters. The van der Waals surface area contributed by atoms with Gasteiger partial charge < -0.3 is 15.4 Å². The van der Waals surface area contributed by atoms with E-state index in [0.717, 1.165) is 43.5 Å². The summed E-state index contributed by atoms with van der Waals surface area (Å²) in [5.74, 6) is 2.12. The highest BCUT2D eigenvalue weighted by Crippen LogP contribution is 2.25. The van der Waals surface area contributed by atoms with Gasteiger partial charge in [0, 0.05) is 24.8 Å². The Morgan fingerprint density at radius 3 is 2.82 bits per heavy atom. The van der Waals surface area contributed by atoms with E-state index < -0.39 is 0 Å². The summed E-state index contributed by atoms with van der Waals surface area (Å²) in [7, 11) is 0. The zero-order chi connectivity index (χ0) is 12.3. The van der Waals surface area contributed by atoms with Gasteiger partial charge in [-0.1, -0.05) is 6.92 Å². The maximum atomic E-state index is 5.74. The largest absolute Gasteiger partial charge is 0.378 e. The first kappa shape index (κ1) is 12.3. The second-order valence-electron chi connectivity index (χ2n) is 4.43. The summed E-state index contributed by atoms with van der Waals surface area (Å²) in [4.78, 5) is 11.1. The molecule has 1 aliphatic rings. The Balaban J connectivity index is 2.31. The smallest absolute Gasteiger partial charge is 0.135 e. The zero-order valence-corrected chi connectivity index (χ0v) is 10.5. The first-order chi connectivity index (χ1) is 8.22. The minimum absolute atomic E-state index is 0.286. The number of rotatable bonds is 3. The lowest BCUT2D eigenvalue weighted by Gasteiger charge is -2.30. The fourth-order valence-corrected chi connectivity index (χ4v) is 1.97. The Kier molecular flexibility index (Phi) is 3.91. The molecule has 0 radical (unpaired) electrons. The van der Waals surface area contributed by atoms with Crippen molar-refractivity contribution < 1.29 is 4.74 Å². The molecule has 1 saturated heterocycles. The van der Waals surface area contributed by atoms with Crippen molar-refractivity contribution in [2.75, 3.05) is 37.7 Å². The maximum absolute atomic E-state index is 5.74. The van der Waals surface area contributed by atoms with Gasteiger partial charge in [-0.25, -0.2) is 9.97 Å². The van der Waals surface area contributed by atoms with Crippen molar-refractivity contribution in [2.24, 2.45) is 5.73 Å². The monoisotopic (exact) mass is 236 g/mol. The minimum Gasteiger partial charge on any atom is -0.378 e. The lowest BCUT2D eigenvalue weighted by Crippen LogP contribution is -2.38. The van der Waals surface area contributed by atoms with Crippen LogP contribution < -0.4 is 10.6 Å². The normalized spacial score (nSPS) is 18.2. The Bertz CT molecular complexity index is 377. The van der Waals surface area contributed by atoms with E-state index >= 15 is 0 Å². The summed E-state index contributed by atoms with van der Waals surface area (Å²) in [5, 5.41) is 0. The van der Waals surface area contributed by atoms with Crippen LogP contribution in [0.4, 0.5) is 5.82 Å². The Morgan fingerprint density at radius 2 is 2.18 bits per heavy atom. The minimum atomic E-state index is 0.286. The van der Waals surface area contributed by atoms with Gasteiger partial charge in [0.05, 0.1) is 13.2 Å². The first-order valence-electron chi connectivity index (χ1n) is 6.08. The predicted molar refractivity (Wildman–Crippen MR) is 67.3 cm³/mol. The number of aromatic nitrogens is 2. The molecule has 0 aliphatic carbocycles. The molecule has 0 aromatic carbocycles. The highest BCUT2D eigenvalue weighted by Gasteiger charge is 2.19. The number of nitrogens with two attached hydrogens (primary N) is 1. The Labute approximate surface area is 102 Å². The summed E-state index contributed by atoms with van der Waals surface area (Å²) in [5.41, 5.74) is 6.88. The van der Waals surface area contributed by atoms with Crippen LogP contribution >= 0.6 is 0 Å². The summed E-state index contributed by atoms with van der Waals surface area (Å²) >= 11 is 0. The number of morpholine rings is 1. The van der Waals surface area contributed by atoms with E-state index in [2.05, 4.69) is 21.8 Å². The molecule has 2 heterocycles. The molecule has 2 N–H and O–H groups in total. The van der Waals surface area contributed by atoms with Gasteiger partial charge in [-0.05, 0) is 19.4 Å². The number of aryl methyl sites for hydroxylation is 1. The quantitative estimate of drug-likeness (QED) is 0.836. The average molecular weight is 236 g/mol. The number of anilines is 1. The number of hydrogen-bond acceptors (Lipinski definition) is 5. The Hall–Kier alpha value is -1.20. The standard InChI is InChI=1S/C12H20N4O/c1-9(7-13)11-8-14-10(2)15-12(11)16-3-5-17-6-4-16/h8-9H,3-7,13H2,1-2H3. The molecule has 5 nitrogen and oxygen atoms in total. The van der Waals surface area contributed by atoms with Crippen molar-refractivity contribution in [2.45, 2.75) is 19.8 Å². The topological polar surface area (TPSA) is 64.3 Å². The predicted octanol–water partition coefficient (Wildman–Crippen LogP) is 0.684. The fraction of sp³-hybridized carbons (Fsp3) is 0.667. The molecule has 1 aromatic heterocycles. The first-order valence-corrected chi connectivity index (χ1v) is 6.08. The fourth-order valence-electron chi connectivity index (χ4n) is 1.97. The number of ether oxygens (including phenoxy) is 1. The maximum Gasteiger partial charge on any atom is 0.135 e. The van der Waals surface area contributed by atoms with Gasteiger partial charge in [0.1, 0.15) is 11.6 Å². The highest BCUT2D eigenvalue weighted by molar-refractivity contribution is 5.48. The van der Waals surface area contributed by atoms with E-state index in [-0.39, 0.29) is 5.92 Å². The second-order valence-corrected chi connectivity index (χ2v) is 4.43. The zero-order valence-electron chi connectivity index (χ0n) is 10.5. The summed E-state index contributed by atoms with van der Waals surface area (Å²) < 4.78 is 5.37. The third kappa shape index (κ3) is 2.73. The van der Waals surface area contributed by atoms with E-state index in [9.17, 15) is 0 Å². The number of nitrogens with zero attached hydrogens (tertiary/aromatic N) is 3. The highest BCUT2D eigenvalue weighted by atomic mass is 16.5. The lowest BCUT2D eigenvalue weighted by atomic mass is 10.0. The van der Waals surface area contributed by atoms with Crippen LogP contribution in [-0.2, 0) is 4.74 Å². The van der Waals surface area contributed by atoms with Gasteiger partial charge >= 0.3 is 0 Å². The average Bonchev–Trinajstić information content (AvgIpc) is 2.39. The third-order valence-corrected chi connectivity index (χ3v) is 3.11. The van der Waals surface area contributed by atoms with Gasteiger partial charge in [0.15, 0.2) is 0 Å². The van der Waals surface area contributed by atoms with E-state index in [1.807, 2.05) is 13.1 Å². The van der Waals surface area contributed by atoms with Crippen LogP contribution in [0.5, 0.6) is 0 Å². The molecule has 1 fully saturated rings. The molecule has 0 amide bonds. The Morgan fingerprint density at radius 1 is 1.47 bits per heavy atom. The van der Waals surface area contributed by atoms with Gasteiger partial charge in [0.2, 0.25) is 0 Å². The molecular formula is C12H20N4O. The number of hydrogen-bond donors (Lipinski definition) is 1. The van der Waals surface area contributed by atoms with Crippen molar-refractivity contribution in [1.29, 1.82) is 0 Å². The molecule has 1 aliphatic heterocycles. The molecule has 0 saturated carbocycles. The van der Waals surface area contributed by atoms with Gasteiger partial charge in [-0.15, -0.1) is 0 Å². The molecule has 17 heavy (non-hydrogen) atoms. The molecule has 94 valence electrons. The third-order valence-electron chi connectivity index (χ3n) is 3.11. The molecular weight excluding hydrogens is 216 g/mol. The van der Waals surface area contributed by atoms with Crippen molar-refractivity contribution in [3.63, 3.8) is 0 Å². The molecule has 2 rings (SSSR count). The van der Waals surface area contributed by atoms with Crippen LogP contribution in [0.1, 0.15) is 24.2 Å². The second kappa shape index (κ2) is 5.42. The van der Waals surface area contributed by atoms with Gasteiger partial charge in [0.25, 0.3) is 0 Å². The van der Waals surface area contributed by atoms with Crippen molar-refractivity contribution in [1.82, 2.24) is 9.97 Å². The van der Waals surface area contributed by atoms with Gasteiger partial charge in [-0.3, -0.25) is 0 Å². The van der Waals surface area contributed by atoms with E-state index in [4.69, 9.17) is 10.5 Å². The molecule has 0 bridgehead atoms. The summed E-state index contributed by atoms with van der Waals surface area (Å²) in [6, 6.07) is 0. The SMILES string of the molecule is Cc1ncc(C(C)CN)c(N2CCOCC2)n1. The molecule has 5 heteroatoms. The van der Waals surface area contributed by atoms with Crippen LogP contribution in [0, 0.1) is 6.92 Å². The van der Waals surface area contributed by atoms with Crippen LogP contribution in [0.15, 0.2) is 6.20 Å². The van der Waals surface area contributed by atoms with E-state index in [1.54, 1.807) is 0 Å². The molecule has 1 aromatic rings. The van der Waals surface area contributed by atoms with Crippen LogP contribution in [0.2, 0.25) is 0 Å². The van der Waals surface area contributed by atoms with E-state index in [1.165, 1.54) is 0 Å². The molecule has 0 spiro atoms. The van der Waals surface area contributed by atoms with Crippen molar-refractivity contribution in [3.8, 4) is 0 Å². The van der Waals surface area contributed by atoms with Crippen molar-refractivity contribution >= 4 is 5.82 Å². The summed E-state index contributed by atoms with van der Waals surface area (Å²) in [6.07, 6.45) is 1.91. The van der Waals surface area contributed by atoms with Crippen molar-refractivity contribution in [3.05, 3.63) is 17.6 Å².